The predicted octanol–water partition coefficient (Wildman–Crippen LogP) is 3.01. The highest BCUT2D eigenvalue weighted by Crippen LogP contribution is 2.43. The zero-order chi connectivity index (χ0) is 18.2. The van der Waals surface area contributed by atoms with E-state index in [4.69, 9.17) is 9.52 Å². The average Bonchev–Trinajstić information content (AvgIpc) is 2.61. The van der Waals surface area contributed by atoms with Gasteiger partial charge in [-0.2, -0.15) is 0 Å². The minimum Gasteiger partial charge on any atom is -0.371 e. The number of nitrogens with one attached hydrogen (secondary N) is 1. The molecule has 1 spiro atoms. The van der Waals surface area contributed by atoms with Gasteiger partial charge in [0.15, 0.2) is 0 Å². The molecule has 1 aromatic carbocycles. The first kappa shape index (κ1) is 18.0. The molecular weight excluding hydrogens is 348 g/mol. The molecular formula is C20H28N2O3S. The van der Waals surface area contributed by atoms with Gasteiger partial charge >= 0.3 is 0 Å². The van der Waals surface area contributed by atoms with Crippen molar-refractivity contribution in [1.82, 2.24) is 4.90 Å². The molecule has 3 aliphatic rings. The third-order valence-electron chi connectivity index (χ3n) is 6.35. The Bertz CT molecular complexity index is 743. The van der Waals surface area contributed by atoms with Gasteiger partial charge in [-0.05, 0) is 43.1 Å². The van der Waals surface area contributed by atoms with E-state index in [1.54, 1.807) is 0 Å². The number of morpholine rings is 1. The minimum absolute atomic E-state index is 0.237. The summed E-state index contributed by atoms with van der Waals surface area (Å²) in [7, 11) is -2.43. The van der Waals surface area contributed by atoms with E-state index in [0.717, 1.165) is 12.8 Å². The molecule has 1 aliphatic carbocycles. The van der Waals surface area contributed by atoms with Gasteiger partial charge in [-0.25, -0.2) is 4.21 Å². The van der Waals surface area contributed by atoms with Crippen molar-refractivity contribution in [3.05, 3.63) is 35.9 Å². The van der Waals surface area contributed by atoms with Crippen molar-refractivity contribution < 1.29 is 13.7 Å². The van der Waals surface area contributed by atoms with Crippen LogP contribution in [0.2, 0.25) is 0 Å². The topological polar surface area (TPSA) is 70.5 Å². The summed E-state index contributed by atoms with van der Waals surface area (Å²) >= 11 is 0. The van der Waals surface area contributed by atoms with Gasteiger partial charge in [0.05, 0.1) is 12.2 Å². The van der Waals surface area contributed by atoms with E-state index in [0.29, 0.717) is 62.3 Å². The third kappa shape index (κ3) is 3.81. The highest BCUT2D eigenvalue weighted by atomic mass is 32.2. The molecule has 1 N–H and O–H groups in total. The number of rotatable bonds is 3. The monoisotopic (exact) mass is 376 g/mol. The molecule has 26 heavy (non-hydrogen) atoms. The number of nitrogens with zero attached hydrogens (tertiary/aromatic N) is 1. The Morgan fingerprint density at radius 3 is 2.62 bits per heavy atom. The van der Waals surface area contributed by atoms with E-state index in [9.17, 15) is 9.00 Å². The number of amides is 1. The normalized spacial score (nSPS) is 37.3. The quantitative estimate of drug-likeness (QED) is 0.881. The van der Waals surface area contributed by atoms with Crippen LogP contribution in [-0.4, -0.2) is 51.8 Å². The number of hydrogen-bond acceptors (Lipinski definition) is 4. The van der Waals surface area contributed by atoms with Crippen LogP contribution in [0.15, 0.2) is 30.3 Å². The number of carbonyl (C=O) groups excluding carboxylic acids is 1. The first-order valence-corrected chi connectivity index (χ1v) is 11.6. The molecule has 6 heteroatoms. The fourth-order valence-corrected chi connectivity index (χ4v) is 6.17. The van der Waals surface area contributed by atoms with Crippen LogP contribution in [0.5, 0.6) is 0 Å². The summed E-state index contributed by atoms with van der Waals surface area (Å²) in [5.74, 6) is 2.13. The van der Waals surface area contributed by atoms with E-state index in [-0.39, 0.29) is 11.5 Å². The molecule has 0 bridgehead atoms. The van der Waals surface area contributed by atoms with Gasteiger partial charge in [-0.1, -0.05) is 30.3 Å². The zero-order valence-electron chi connectivity index (χ0n) is 15.2. The number of benzene rings is 1. The van der Waals surface area contributed by atoms with Crippen molar-refractivity contribution in [3.63, 3.8) is 0 Å². The Morgan fingerprint density at radius 2 is 1.92 bits per heavy atom. The average molecular weight is 377 g/mol. The summed E-state index contributed by atoms with van der Waals surface area (Å²) in [6.07, 6.45) is 4.12. The van der Waals surface area contributed by atoms with Crippen molar-refractivity contribution in [3.8, 4) is 0 Å². The molecule has 4 rings (SSSR count). The van der Waals surface area contributed by atoms with E-state index < -0.39 is 9.73 Å². The highest BCUT2D eigenvalue weighted by molar-refractivity contribution is 7.92. The molecule has 1 saturated carbocycles. The molecule has 1 amide bonds. The van der Waals surface area contributed by atoms with Gasteiger partial charge in [0.25, 0.3) is 0 Å². The Labute approximate surface area is 156 Å². The van der Waals surface area contributed by atoms with Gasteiger partial charge in [-0.3, -0.25) is 9.57 Å². The van der Waals surface area contributed by atoms with Gasteiger partial charge in [0.1, 0.15) is 0 Å². The molecule has 2 saturated heterocycles. The summed E-state index contributed by atoms with van der Waals surface area (Å²) in [5, 5.41) is 0. The van der Waals surface area contributed by atoms with Crippen LogP contribution in [0.25, 0.3) is 0 Å². The molecule has 0 atom stereocenters. The van der Waals surface area contributed by atoms with E-state index in [2.05, 4.69) is 24.3 Å². The number of hydrogen-bond donors (Lipinski definition) is 1. The summed E-state index contributed by atoms with van der Waals surface area (Å²) in [6.45, 7) is 1.82. The standard InChI is InChI=1S/C20H28N2O3S/c21-26(24)10-6-20(7-11-26)15-22(8-9-25-20)19(23)14-16-12-18(13-16)17-4-2-1-3-5-17/h1-5,16,18,21H,6-15H2. The van der Waals surface area contributed by atoms with Crippen molar-refractivity contribution in [2.75, 3.05) is 31.2 Å². The van der Waals surface area contributed by atoms with Crippen molar-refractivity contribution in [2.24, 2.45) is 5.92 Å². The zero-order valence-corrected chi connectivity index (χ0v) is 16.0. The molecule has 3 fully saturated rings. The fourth-order valence-electron chi connectivity index (χ4n) is 4.56. The van der Waals surface area contributed by atoms with Crippen LogP contribution in [0.4, 0.5) is 0 Å². The molecule has 2 heterocycles. The van der Waals surface area contributed by atoms with Crippen molar-refractivity contribution in [2.45, 2.75) is 43.6 Å². The SMILES string of the molecule is N=S1(=O)CCC2(CC1)CN(C(=O)CC1CC(c3ccccc3)C1)CCO2. The first-order valence-electron chi connectivity index (χ1n) is 9.66. The summed E-state index contributed by atoms with van der Waals surface area (Å²) in [5.41, 5.74) is 1.03. The van der Waals surface area contributed by atoms with Crippen LogP contribution in [0, 0.1) is 10.7 Å². The first-order chi connectivity index (χ1) is 12.4. The largest absolute Gasteiger partial charge is 0.371 e. The molecule has 0 radical (unpaired) electrons. The second-order valence-electron chi connectivity index (χ2n) is 8.22. The Balaban J connectivity index is 1.29. The van der Waals surface area contributed by atoms with Gasteiger partial charge in [-0.15, -0.1) is 0 Å². The van der Waals surface area contributed by atoms with Crippen molar-refractivity contribution in [1.29, 1.82) is 4.78 Å². The lowest BCUT2D eigenvalue weighted by Crippen LogP contribution is -2.56. The van der Waals surface area contributed by atoms with Crippen LogP contribution in [0.3, 0.4) is 0 Å². The van der Waals surface area contributed by atoms with E-state index in [1.807, 2.05) is 11.0 Å². The smallest absolute Gasteiger partial charge is 0.223 e. The summed E-state index contributed by atoms with van der Waals surface area (Å²) in [6, 6.07) is 10.6. The maximum absolute atomic E-state index is 12.8. The molecule has 5 nitrogen and oxygen atoms in total. The third-order valence-corrected chi connectivity index (χ3v) is 8.07. The molecule has 1 aromatic rings. The van der Waals surface area contributed by atoms with Crippen LogP contribution >= 0.6 is 0 Å². The fraction of sp³-hybridized carbons (Fsp3) is 0.650. The molecule has 0 unspecified atom stereocenters. The lowest BCUT2D eigenvalue weighted by atomic mass is 9.70. The van der Waals surface area contributed by atoms with Crippen molar-refractivity contribution >= 4 is 15.6 Å². The highest BCUT2D eigenvalue weighted by Gasteiger charge is 2.42. The second-order valence-corrected chi connectivity index (χ2v) is 10.7. The molecule has 2 aliphatic heterocycles. The van der Waals surface area contributed by atoms with Crippen LogP contribution < -0.4 is 0 Å². The second kappa shape index (κ2) is 6.97. The maximum atomic E-state index is 12.8. The van der Waals surface area contributed by atoms with Crippen LogP contribution in [-0.2, 0) is 19.3 Å². The molecule has 142 valence electrons. The molecule has 0 aromatic heterocycles. The van der Waals surface area contributed by atoms with E-state index in [1.165, 1.54) is 5.56 Å². The van der Waals surface area contributed by atoms with Gasteiger partial charge in [0, 0.05) is 40.7 Å². The van der Waals surface area contributed by atoms with Gasteiger partial charge in [0.2, 0.25) is 5.91 Å². The lowest BCUT2D eigenvalue weighted by molar-refractivity contribution is -0.153. The minimum atomic E-state index is -2.43. The summed E-state index contributed by atoms with van der Waals surface area (Å²) < 4.78 is 25.7. The summed E-state index contributed by atoms with van der Waals surface area (Å²) in [4.78, 5) is 14.7. The Kier molecular flexibility index (Phi) is 4.82. The van der Waals surface area contributed by atoms with E-state index >= 15 is 0 Å². The Hall–Kier alpha value is -1.40. The number of ether oxygens (including phenoxy) is 1. The van der Waals surface area contributed by atoms with Gasteiger partial charge < -0.3 is 9.64 Å². The lowest BCUT2D eigenvalue weighted by Gasteiger charge is -2.46. The predicted molar refractivity (Wildman–Crippen MR) is 102 cm³/mol. The Morgan fingerprint density at radius 1 is 1.23 bits per heavy atom. The maximum Gasteiger partial charge on any atom is 0.223 e. The number of carbonyl (C=O) groups is 1. The van der Waals surface area contributed by atoms with Crippen LogP contribution in [0.1, 0.15) is 43.6 Å².